The van der Waals surface area contributed by atoms with Crippen LogP contribution in [-0.4, -0.2) is 11.5 Å². The largest absolute Gasteiger partial charge is 0.383 e. The number of anilines is 1. The second kappa shape index (κ2) is 4.92. The first kappa shape index (κ1) is 12.5. The third-order valence-electron chi connectivity index (χ3n) is 5.16. The van der Waals surface area contributed by atoms with Crippen molar-refractivity contribution in [2.24, 2.45) is 17.8 Å². The summed E-state index contributed by atoms with van der Waals surface area (Å²) in [5.41, 5.74) is 2.11. The second-order valence-corrected chi connectivity index (χ2v) is 6.72. The summed E-state index contributed by atoms with van der Waals surface area (Å²) in [4.78, 5) is 4.49. The zero-order chi connectivity index (χ0) is 13.5. The molecule has 4 rings (SSSR count). The van der Waals surface area contributed by atoms with Crippen LogP contribution in [0.3, 0.4) is 0 Å². The highest BCUT2D eigenvalue weighted by Gasteiger charge is 2.39. The lowest BCUT2D eigenvalue weighted by Crippen LogP contribution is -2.20. The van der Waals surface area contributed by atoms with Crippen molar-refractivity contribution in [3.8, 4) is 0 Å². The smallest absolute Gasteiger partial charge is 0.0948 e. The van der Waals surface area contributed by atoms with E-state index in [1.165, 1.54) is 25.7 Å². The van der Waals surface area contributed by atoms with Crippen molar-refractivity contribution in [2.45, 2.75) is 25.7 Å². The second-order valence-electron chi connectivity index (χ2n) is 6.31. The van der Waals surface area contributed by atoms with Crippen molar-refractivity contribution in [1.82, 2.24) is 4.98 Å². The topological polar surface area (TPSA) is 24.9 Å². The number of rotatable bonds is 3. The molecule has 3 heteroatoms. The minimum absolute atomic E-state index is 0.776. The van der Waals surface area contributed by atoms with E-state index >= 15 is 0 Å². The van der Waals surface area contributed by atoms with Gasteiger partial charge in [-0.1, -0.05) is 18.0 Å². The number of aromatic nitrogens is 1. The highest BCUT2D eigenvalue weighted by Crippen LogP contribution is 2.48. The molecule has 2 nitrogen and oxygen atoms in total. The van der Waals surface area contributed by atoms with Gasteiger partial charge in [0.05, 0.1) is 16.2 Å². The molecular formula is C17H19ClN2. The molecule has 1 aromatic carbocycles. The quantitative estimate of drug-likeness (QED) is 0.882. The van der Waals surface area contributed by atoms with Crippen LogP contribution in [0.2, 0.25) is 5.02 Å². The van der Waals surface area contributed by atoms with Crippen molar-refractivity contribution in [2.75, 3.05) is 11.9 Å². The summed E-state index contributed by atoms with van der Waals surface area (Å²) in [5, 5.41) is 5.43. The fourth-order valence-corrected chi connectivity index (χ4v) is 4.36. The molecule has 2 bridgehead atoms. The number of halogens is 1. The highest BCUT2D eigenvalue weighted by atomic mass is 35.5. The van der Waals surface area contributed by atoms with Gasteiger partial charge in [-0.25, -0.2) is 0 Å². The SMILES string of the molecule is Clc1ccc(NCC2CC3CCC2C3)c2ncccc12. The van der Waals surface area contributed by atoms with Gasteiger partial charge >= 0.3 is 0 Å². The molecule has 1 aromatic heterocycles. The molecule has 0 aliphatic heterocycles. The van der Waals surface area contributed by atoms with Gasteiger partial charge in [-0.15, -0.1) is 0 Å². The molecule has 2 saturated carbocycles. The lowest BCUT2D eigenvalue weighted by molar-refractivity contribution is 0.348. The van der Waals surface area contributed by atoms with Crippen LogP contribution >= 0.6 is 11.6 Å². The van der Waals surface area contributed by atoms with Crippen LogP contribution < -0.4 is 5.32 Å². The number of benzene rings is 1. The van der Waals surface area contributed by atoms with Gasteiger partial charge in [-0.2, -0.15) is 0 Å². The van der Waals surface area contributed by atoms with Crippen LogP contribution in [0.15, 0.2) is 30.5 Å². The summed E-state index contributed by atoms with van der Waals surface area (Å²) in [7, 11) is 0. The summed E-state index contributed by atoms with van der Waals surface area (Å²) in [6.45, 7) is 1.08. The third-order valence-corrected chi connectivity index (χ3v) is 5.49. The van der Waals surface area contributed by atoms with E-state index in [0.29, 0.717) is 0 Å². The van der Waals surface area contributed by atoms with Crippen LogP contribution in [0.1, 0.15) is 25.7 Å². The molecule has 3 atom stereocenters. The van der Waals surface area contributed by atoms with E-state index in [4.69, 9.17) is 11.6 Å². The predicted molar refractivity (Wildman–Crippen MR) is 84.2 cm³/mol. The average Bonchev–Trinajstić information content (AvgIpc) is 3.09. The molecular weight excluding hydrogens is 268 g/mol. The summed E-state index contributed by atoms with van der Waals surface area (Å²) < 4.78 is 0. The van der Waals surface area contributed by atoms with Crippen molar-refractivity contribution in [1.29, 1.82) is 0 Å². The Labute approximate surface area is 124 Å². The van der Waals surface area contributed by atoms with Gasteiger partial charge in [-0.05, 0) is 61.3 Å². The molecule has 1 N–H and O–H groups in total. The Hall–Kier alpha value is -1.28. The molecule has 2 fully saturated rings. The maximum absolute atomic E-state index is 6.24. The van der Waals surface area contributed by atoms with Gasteiger partial charge < -0.3 is 5.32 Å². The van der Waals surface area contributed by atoms with Gasteiger partial charge in [0.15, 0.2) is 0 Å². The Morgan fingerprint density at radius 2 is 2.15 bits per heavy atom. The first-order chi connectivity index (χ1) is 9.81. The first-order valence-corrected chi connectivity index (χ1v) is 7.96. The van der Waals surface area contributed by atoms with Crippen LogP contribution in [0.4, 0.5) is 5.69 Å². The Morgan fingerprint density at radius 1 is 1.20 bits per heavy atom. The van der Waals surface area contributed by atoms with Crippen molar-refractivity contribution in [3.63, 3.8) is 0 Å². The minimum Gasteiger partial charge on any atom is -0.383 e. The fourth-order valence-electron chi connectivity index (χ4n) is 4.15. The summed E-state index contributed by atoms with van der Waals surface area (Å²) in [5.74, 6) is 2.81. The van der Waals surface area contributed by atoms with Crippen molar-refractivity contribution >= 4 is 28.2 Å². The van der Waals surface area contributed by atoms with E-state index in [9.17, 15) is 0 Å². The molecule has 2 aliphatic rings. The van der Waals surface area contributed by atoms with Gasteiger partial charge in [0.25, 0.3) is 0 Å². The number of nitrogens with one attached hydrogen (secondary N) is 1. The van der Waals surface area contributed by atoms with Crippen molar-refractivity contribution < 1.29 is 0 Å². The normalized spacial score (nSPS) is 28.1. The van der Waals surface area contributed by atoms with Crippen LogP contribution in [0.5, 0.6) is 0 Å². The fraction of sp³-hybridized carbons (Fsp3) is 0.471. The Balaban J connectivity index is 1.56. The molecule has 0 radical (unpaired) electrons. The Morgan fingerprint density at radius 3 is 2.95 bits per heavy atom. The minimum atomic E-state index is 0.776. The van der Waals surface area contributed by atoms with E-state index in [0.717, 1.165) is 45.9 Å². The van der Waals surface area contributed by atoms with E-state index in [-0.39, 0.29) is 0 Å². The summed E-state index contributed by atoms with van der Waals surface area (Å²) in [6, 6.07) is 8.00. The number of hydrogen-bond acceptors (Lipinski definition) is 2. The molecule has 2 aromatic rings. The molecule has 0 amide bonds. The third kappa shape index (κ3) is 2.07. The highest BCUT2D eigenvalue weighted by molar-refractivity contribution is 6.35. The Bertz CT molecular complexity index is 640. The number of nitrogens with zero attached hydrogens (tertiary/aromatic N) is 1. The Kier molecular flexibility index (Phi) is 3.07. The number of fused-ring (bicyclic) bond motifs is 3. The van der Waals surface area contributed by atoms with Gasteiger partial charge in [0.2, 0.25) is 0 Å². The summed E-state index contributed by atoms with van der Waals surface area (Å²) in [6.07, 6.45) is 7.62. The average molecular weight is 287 g/mol. The zero-order valence-corrected chi connectivity index (χ0v) is 12.2. The number of pyridine rings is 1. The van der Waals surface area contributed by atoms with Gasteiger partial charge in [0, 0.05) is 18.1 Å². The molecule has 104 valence electrons. The molecule has 3 unspecified atom stereocenters. The first-order valence-electron chi connectivity index (χ1n) is 7.58. The lowest BCUT2D eigenvalue weighted by atomic mass is 9.89. The van der Waals surface area contributed by atoms with Crippen LogP contribution in [0.25, 0.3) is 10.9 Å². The molecule has 20 heavy (non-hydrogen) atoms. The molecule has 0 spiro atoms. The number of hydrogen-bond donors (Lipinski definition) is 1. The predicted octanol–water partition coefficient (Wildman–Crippen LogP) is 4.74. The molecule has 0 saturated heterocycles. The van der Waals surface area contributed by atoms with Gasteiger partial charge in [-0.3, -0.25) is 4.98 Å². The lowest BCUT2D eigenvalue weighted by Gasteiger charge is -2.22. The zero-order valence-electron chi connectivity index (χ0n) is 11.5. The van der Waals surface area contributed by atoms with E-state index in [1.807, 2.05) is 24.4 Å². The van der Waals surface area contributed by atoms with Crippen molar-refractivity contribution in [3.05, 3.63) is 35.5 Å². The summed E-state index contributed by atoms with van der Waals surface area (Å²) >= 11 is 6.24. The van der Waals surface area contributed by atoms with E-state index < -0.39 is 0 Å². The molecule has 2 aliphatic carbocycles. The molecule has 1 heterocycles. The maximum atomic E-state index is 6.24. The standard InChI is InChI=1S/C17H19ClN2/c18-15-5-6-16(17-14(15)2-1-7-19-17)20-10-13-9-11-3-4-12(13)8-11/h1-2,5-7,11-13,20H,3-4,8-10H2. The van der Waals surface area contributed by atoms with Gasteiger partial charge in [0.1, 0.15) is 0 Å². The monoisotopic (exact) mass is 286 g/mol. The van der Waals surface area contributed by atoms with Crippen LogP contribution in [0, 0.1) is 17.8 Å². The maximum Gasteiger partial charge on any atom is 0.0948 e. The van der Waals surface area contributed by atoms with E-state index in [2.05, 4.69) is 16.4 Å². The van der Waals surface area contributed by atoms with Crippen LogP contribution in [-0.2, 0) is 0 Å². The van der Waals surface area contributed by atoms with E-state index in [1.54, 1.807) is 0 Å².